The number of carbonyl (C=O) groups excluding carboxylic acids is 2. The molecule has 0 spiro atoms. The molecule has 3 rings (SSSR count). The molecule has 8 heteroatoms. The Morgan fingerprint density at radius 2 is 2.04 bits per heavy atom. The number of nitrogens with one attached hydrogen (secondary N) is 2. The SMILES string of the molecule is COc1ccc(-n2nc(C)cc2NC(=O)C2=NNC(=O)CC2)cc1. The molecule has 0 saturated heterocycles. The number of rotatable bonds is 4. The van der Waals surface area contributed by atoms with Crippen LogP contribution >= 0.6 is 0 Å². The second kappa shape index (κ2) is 6.53. The first-order valence-corrected chi connectivity index (χ1v) is 7.44. The molecule has 2 aromatic rings. The number of aromatic nitrogens is 2. The average Bonchev–Trinajstić information content (AvgIpc) is 2.96. The molecular weight excluding hydrogens is 310 g/mol. The normalized spacial score (nSPS) is 13.9. The largest absolute Gasteiger partial charge is 0.497 e. The van der Waals surface area contributed by atoms with Gasteiger partial charge in [0.2, 0.25) is 5.91 Å². The quantitative estimate of drug-likeness (QED) is 0.887. The number of hydrogen-bond donors (Lipinski definition) is 2. The Balaban J connectivity index is 1.83. The van der Waals surface area contributed by atoms with Gasteiger partial charge in [0.1, 0.15) is 17.3 Å². The Hall–Kier alpha value is -3.16. The fourth-order valence-corrected chi connectivity index (χ4v) is 2.34. The average molecular weight is 327 g/mol. The summed E-state index contributed by atoms with van der Waals surface area (Å²) in [6.07, 6.45) is 0.566. The van der Waals surface area contributed by atoms with Gasteiger partial charge in [-0.15, -0.1) is 0 Å². The van der Waals surface area contributed by atoms with Gasteiger partial charge in [-0.25, -0.2) is 10.1 Å². The van der Waals surface area contributed by atoms with Gasteiger partial charge in [-0.1, -0.05) is 0 Å². The minimum absolute atomic E-state index is 0.189. The molecule has 2 heterocycles. The maximum absolute atomic E-state index is 12.3. The van der Waals surface area contributed by atoms with Crippen molar-refractivity contribution in [2.45, 2.75) is 19.8 Å². The van der Waals surface area contributed by atoms with Crippen LogP contribution in [0.25, 0.3) is 5.69 Å². The molecule has 0 fully saturated rings. The molecule has 1 aromatic carbocycles. The zero-order valence-corrected chi connectivity index (χ0v) is 13.4. The first-order chi connectivity index (χ1) is 11.6. The van der Waals surface area contributed by atoms with E-state index in [2.05, 4.69) is 20.9 Å². The highest BCUT2D eigenvalue weighted by molar-refractivity contribution is 6.43. The molecule has 0 bridgehead atoms. The van der Waals surface area contributed by atoms with Gasteiger partial charge in [-0.2, -0.15) is 10.2 Å². The third-order valence-electron chi connectivity index (χ3n) is 3.56. The zero-order chi connectivity index (χ0) is 17.1. The Morgan fingerprint density at radius 3 is 2.67 bits per heavy atom. The van der Waals surface area contributed by atoms with Gasteiger partial charge in [0, 0.05) is 18.9 Å². The Kier molecular flexibility index (Phi) is 4.28. The Morgan fingerprint density at radius 1 is 1.29 bits per heavy atom. The third kappa shape index (κ3) is 3.27. The monoisotopic (exact) mass is 327 g/mol. The summed E-state index contributed by atoms with van der Waals surface area (Å²) in [4.78, 5) is 23.4. The molecule has 2 N–H and O–H groups in total. The van der Waals surface area contributed by atoms with E-state index in [0.717, 1.165) is 17.1 Å². The van der Waals surface area contributed by atoms with Crippen molar-refractivity contribution in [1.82, 2.24) is 15.2 Å². The van der Waals surface area contributed by atoms with E-state index in [1.165, 1.54) is 0 Å². The highest BCUT2D eigenvalue weighted by Gasteiger charge is 2.20. The zero-order valence-electron chi connectivity index (χ0n) is 13.4. The number of carbonyl (C=O) groups is 2. The fraction of sp³-hybridized carbons (Fsp3) is 0.250. The van der Waals surface area contributed by atoms with Gasteiger partial charge in [0.15, 0.2) is 0 Å². The van der Waals surface area contributed by atoms with Crippen molar-refractivity contribution >= 4 is 23.3 Å². The minimum atomic E-state index is -0.357. The topological polar surface area (TPSA) is 97.6 Å². The number of methoxy groups -OCH3 is 1. The number of aryl methyl sites for hydroxylation is 1. The van der Waals surface area contributed by atoms with E-state index in [4.69, 9.17) is 4.74 Å². The molecule has 0 atom stereocenters. The summed E-state index contributed by atoms with van der Waals surface area (Å²) in [7, 11) is 1.60. The minimum Gasteiger partial charge on any atom is -0.497 e. The summed E-state index contributed by atoms with van der Waals surface area (Å²) in [5.74, 6) is 0.720. The smallest absolute Gasteiger partial charge is 0.273 e. The van der Waals surface area contributed by atoms with Gasteiger partial charge in [0.25, 0.3) is 5.91 Å². The van der Waals surface area contributed by atoms with E-state index in [-0.39, 0.29) is 23.9 Å². The van der Waals surface area contributed by atoms with Gasteiger partial charge in [-0.05, 0) is 31.2 Å². The van der Waals surface area contributed by atoms with E-state index in [9.17, 15) is 9.59 Å². The van der Waals surface area contributed by atoms with Crippen molar-refractivity contribution in [3.8, 4) is 11.4 Å². The summed E-state index contributed by atoms with van der Waals surface area (Å²) in [5.41, 5.74) is 4.16. The first-order valence-electron chi connectivity index (χ1n) is 7.44. The van der Waals surface area contributed by atoms with Crippen molar-refractivity contribution < 1.29 is 14.3 Å². The van der Waals surface area contributed by atoms with Crippen LogP contribution < -0.4 is 15.5 Å². The van der Waals surface area contributed by atoms with Crippen LogP contribution in [0.3, 0.4) is 0 Å². The first kappa shape index (κ1) is 15.7. The molecule has 0 saturated carbocycles. The maximum Gasteiger partial charge on any atom is 0.273 e. The lowest BCUT2D eigenvalue weighted by Gasteiger charge is -2.13. The molecule has 24 heavy (non-hydrogen) atoms. The van der Waals surface area contributed by atoms with Crippen LogP contribution in [0.15, 0.2) is 35.4 Å². The van der Waals surface area contributed by atoms with Crippen LogP contribution in [0, 0.1) is 6.92 Å². The lowest BCUT2D eigenvalue weighted by atomic mass is 10.1. The van der Waals surface area contributed by atoms with Crippen molar-refractivity contribution in [2.24, 2.45) is 5.10 Å². The second-order valence-corrected chi connectivity index (χ2v) is 5.33. The molecule has 1 aliphatic rings. The number of ether oxygens (including phenoxy) is 1. The lowest BCUT2D eigenvalue weighted by molar-refractivity contribution is -0.121. The standard InChI is InChI=1S/C16H17N5O3/c1-10-9-14(17-16(23)13-7-8-15(22)19-18-13)21(20-10)11-3-5-12(24-2)6-4-11/h3-6,9H,7-8H2,1-2H3,(H,17,23)(H,19,22). The number of hydrazone groups is 1. The van der Waals surface area contributed by atoms with E-state index in [0.29, 0.717) is 12.2 Å². The third-order valence-corrected chi connectivity index (χ3v) is 3.56. The van der Waals surface area contributed by atoms with Crippen LogP contribution in [-0.4, -0.2) is 34.4 Å². The number of amides is 2. The summed E-state index contributed by atoms with van der Waals surface area (Å²) in [5, 5.41) is 11.0. The highest BCUT2D eigenvalue weighted by Crippen LogP contribution is 2.20. The van der Waals surface area contributed by atoms with E-state index in [1.54, 1.807) is 17.9 Å². The summed E-state index contributed by atoms with van der Waals surface area (Å²) in [6, 6.07) is 9.10. The Labute approximate surface area is 138 Å². The molecule has 0 radical (unpaired) electrons. The van der Waals surface area contributed by atoms with Gasteiger partial charge in [-0.3, -0.25) is 9.59 Å². The van der Waals surface area contributed by atoms with Crippen LogP contribution in [-0.2, 0) is 9.59 Å². The van der Waals surface area contributed by atoms with Crippen LogP contribution in [0.2, 0.25) is 0 Å². The number of hydrogen-bond acceptors (Lipinski definition) is 5. The number of anilines is 1. The predicted octanol–water partition coefficient (Wildman–Crippen LogP) is 1.39. The highest BCUT2D eigenvalue weighted by atomic mass is 16.5. The van der Waals surface area contributed by atoms with Crippen LogP contribution in [0.1, 0.15) is 18.5 Å². The van der Waals surface area contributed by atoms with Crippen molar-refractivity contribution in [2.75, 3.05) is 12.4 Å². The Bertz CT molecular complexity index is 808. The van der Waals surface area contributed by atoms with Crippen molar-refractivity contribution in [3.05, 3.63) is 36.0 Å². The molecule has 124 valence electrons. The van der Waals surface area contributed by atoms with Gasteiger partial charge < -0.3 is 10.1 Å². The van der Waals surface area contributed by atoms with E-state index in [1.807, 2.05) is 31.2 Å². The molecule has 0 aliphatic carbocycles. The maximum atomic E-state index is 12.3. The molecule has 1 aliphatic heterocycles. The summed E-state index contributed by atoms with van der Waals surface area (Å²) >= 11 is 0. The van der Waals surface area contributed by atoms with Gasteiger partial charge in [0.05, 0.1) is 18.5 Å². The fourth-order valence-electron chi connectivity index (χ4n) is 2.34. The molecule has 1 aromatic heterocycles. The summed E-state index contributed by atoms with van der Waals surface area (Å²) in [6.45, 7) is 1.84. The lowest BCUT2D eigenvalue weighted by Crippen LogP contribution is -2.33. The molecular formula is C16H17N5O3. The van der Waals surface area contributed by atoms with E-state index >= 15 is 0 Å². The number of nitrogens with zero attached hydrogens (tertiary/aromatic N) is 3. The van der Waals surface area contributed by atoms with Crippen LogP contribution in [0.4, 0.5) is 5.82 Å². The van der Waals surface area contributed by atoms with Crippen molar-refractivity contribution in [3.63, 3.8) is 0 Å². The predicted molar refractivity (Wildman–Crippen MR) is 88.3 cm³/mol. The summed E-state index contributed by atoms with van der Waals surface area (Å²) < 4.78 is 6.78. The van der Waals surface area contributed by atoms with E-state index < -0.39 is 0 Å². The van der Waals surface area contributed by atoms with Crippen LogP contribution in [0.5, 0.6) is 5.75 Å². The second-order valence-electron chi connectivity index (χ2n) is 5.33. The molecule has 2 amide bonds. The number of benzene rings is 1. The van der Waals surface area contributed by atoms with Gasteiger partial charge >= 0.3 is 0 Å². The van der Waals surface area contributed by atoms with Crippen molar-refractivity contribution in [1.29, 1.82) is 0 Å². The molecule has 8 nitrogen and oxygen atoms in total. The molecule has 0 unspecified atom stereocenters.